The van der Waals surface area contributed by atoms with Crippen LogP contribution in [0.2, 0.25) is 0 Å². The molecule has 0 bridgehead atoms. The summed E-state index contributed by atoms with van der Waals surface area (Å²) in [7, 11) is 0. The van der Waals surface area contributed by atoms with E-state index in [1.54, 1.807) is 13.8 Å². The van der Waals surface area contributed by atoms with Crippen molar-refractivity contribution in [1.29, 1.82) is 0 Å². The Kier molecular flexibility index (Phi) is 3.82. The summed E-state index contributed by atoms with van der Waals surface area (Å²) in [4.78, 5) is 9.85. The molecule has 0 spiro atoms. The van der Waals surface area contributed by atoms with Crippen LogP contribution in [0.15, 0.2) is 6.20 Å². The SMILES string of the molecule is CC(C)Oc1nn(C(C)C(F)(F)F)cc1[N+](=O)[O-]. The third-order valence-electron chi connectivity index (χ3n) is 2.09. The molecule has 1 rings (SSSR count). The zero-order valence-electron chi connectivity index (χ0n) is 9.93. The number of aromatic nitrogens is 2. The number of nitrogens with zero attached hydrogens (tertiary/aromatic N) is 3. The van der Waals surface area contributed by atoms with E-state index in [-0.39, 0.29) is 0 Å². The molecule has 0 aromatic carbocycles. The Hall–Kier alpha value is -1.80. The Morgan fingerprint density at radius 1 is 1.44 bits per heavy atom. The number of rotatable bonds is 4. The highest BCUT2D eigenvalue weighted by Crippen LogP contribution is 2.33. The van der Waals surface area contributed by atoms with Gasteiger partial charge in [-0.25, -0.2) is 4.68 Å². The maximum Gasteiger partial charge on any atom is 0.410 e. The van der Waals surface area contributed by atoms with Crippen molar-refractivity contribution in [2.45, 2.75) is 39.1 Å². The fourth-order valence-corrected chi connectivity index (χ4v) is 1.15. The van der Waals surface area contributed by atoms with E-state index in [9.17, 15) is 23.3 Å². The van der Waals surface area contributed by atoms with Crippen LogP contribution in [0.3, 0.4) is 0 Å². The van der Waals surface area contributed by atoms with Crippen molar-refractivity contribution in [3.8, 4) is 5.88 Å². The minimum absolute atomic E-state index is 0.411. The second-order valence-electron chi connectivity index (χ2n) is 3.94. The lowest BCUT2D eigenvalue weighted by Crippen LogP contribution is -2.24. The number of nitro groups is 1. The molecule has 1 heterocycles. The molecule has 0 N–H and O–H groups in total. The van der Waals surface area contributed by atoms with Crippen LogP contribution in [0.1, 0.15) is 26.8 Å². The lowest BCUT2D eigenvalue weighted by molar-refractivity contribution is -0.386. The lowest BCUT2D eigenvalue weighted by Gasteiger charge is -2.15. The fraction of sp³-hybridized carbons (Fsp3) is 0.667. The fourth-order valence-electron chi connectivity index (χ4n) is 1.15. The molecule has 102 valence electrons. The van der Waals surface area contributed by atoms with Crippen LogP contribution in [-0.4, -0.2) is 27.0 Å². The Labute approximate surface area is 100 Å². The molecule has 1 unspecified atom stereocenters. The van der Waals surface area contributed by atoms with Crippen LogP contribution in [0.5, 0.6) is 5.88 Å². The number of alkyl halides is 3. The number of halogens is 3. The molecule has 0 saturated carbocycles. The molecule has 6 nitrogen and oxygen atoms in total. The molecule has 1 aromatic rings. The van der Waals surface area contributed by atoms with E-state index >= 15 is 0 Å². The summed E-state index contributed by atoms with van der Waals surface area (Å²) in [5.41, 5.74) is -0.584. The molecule has 1 atom stereocenters. The van der Waals surface area contributed by atoms with Crippen molar-refractivity contribution in [2.75, 3.05) is 0 Å². The highest BCUT2D eigenvalue weighted by molar-refractivity contribution is 5.38. The molecule has 0 aliphatic carbocycles. The van der Waals surface area contributed by atoms with Gasteiger partial charge in [0.25, 0.3) is 0 Å². The molecule has 0 radical (unpaired) electrons. The maximum absolute atomic E-state index is 12.5. The van der Waals surface area contributed by atoms with Gasteiger partial charge in [-0.15, -0.1) is 5.10 Å². The third-order valence-corrected chi connectivity index (χ3v) is 2.09. The van der Waals surface area contributed by atoms with E-state index < -0.39 is 34.8 Å². The molecule has 0 saturated heterocycles. The summed E-state index contributed by atoms with van der Waals surface area (Å²) in [5.74, 6) is -0.411. The van der Waals surface area contributed by atoms with Gasteiger partial charge in [0.1, 0.15) is 12.2 Å². The molecule has 1 aromatic heterocycles. The van der Waals surface area contributed by atoms with E-state index in [4.69, 9.17) is 4.74 Å². The number of hydrogen-bond donors (Lipinski definition) is 0. The second-order valence-corrected chi connectivity index (χ2v) is 3.94. The summed E-state index contributed by atoms with van der Waals surface area (Å²) in [6.45, 7) is 4.04. The zero-order valence-corrected chi connectivity index (χ0v) is 9.93. The molecule has 0 fully saturated rings. The van der Waals surface area contributed by atoms with Crippen LogP contribution >= 0.6 is 0 Å². The zero-order chi connectivity index (χ0) is 14.1. The minimum atomic E-state index is -4.53. The molecular weight excluding hydrogens is 255 g/mol. The molecular formula is C9H12F3N3O3. The van der Waals surface area contributed by atoms with Gasteiger partial charge in [-0.2, -0.15) is 13.2 Å². The average Bonchev–Trinajstić information content (AvgIpc) is 2.58. The van der Waals surface area contributed by atoms with Gasteiger partial charge in [0.2, 0.25) is 0 Å². The Morgan fingerprint density at radius 2 is 2.00 bits per heavy atom. The first-order valence-electron chi connectivity index (χ1n) is 5.09. The van der Waals surface area contributed by atoms with Crippen molar-refractivity contribution in [3.05, 3.63) is 16.3 Å². The number of hydrogen-bond acceptors (Lipinski definition) is 4. The van der Waals surface area contributed by atoms with Gasteiger partial charge in [-0.1, -0.05) is 0 Å². The van der Waals surface area contributed by atoms with Crippen LogP contribution in [0, 0.1) is 10.1 Å². The van der Waals surface area contributed by atoms with Gasteiger partial charge in [0, 0.05) is 0 Å². The van der Waals surface area contributed by atoms with Crippen molar-refractivity contribution in [3.63, 3.8) is 0 Å². The summed E-state index contributed by atoms with van der Waals surface area (Å²) in [5, 5.41) is 14.2. The second kappa shape index (κ2) is 4.83. The van der Waals surface area contributed by atoms with Crippen molar-refractivity contribution in [1.82, 2.24) is 9.78 Å². The quantitative estimate of drug-likeness (QED) is 0.621. The average molecular weight is 267 g/mol. The summed E-state index contributed by atoms with van der Waals surface area (Å²) >= 11 is 0. The highest BCUT2D eigenvalue weighted by atomic mass is 19.4. The molecule has 0 aliphatic heterocycles. The van der Waals surface area contributed by atoms with Crippen molar-refractivity contribution < 1.29 is 22.8 Å². The summed E-state index contributed by atoms with van der Waals surface area (Å²) in [6.07, 6.45) is -4.24. The lowest BCUT2D eigenvalue weighted by atomic mass is 10.3. The summed E-state index contributed by atoms with van der Waals surface area (Å²) < 4.78 is 42.9. The van der Waals surface area contributed by atoms with E-state index in [1.807, 2.05) is 0 Å². The third kappa shape index (κ3) is 3.11. The Bertz CT molecular complexity index is 442. The Morgan fingerprint density at radius 3 is 2.39 bits per heavy atom. The van der Waals surface area contributed by atoms with Gasteiger partial charge in [0.15, 0.2) is 0 Å². The first kappa shape index (κ1) is 14.3. The van der Waals surface area contributed by atoms with Crippen LogP contribution in [0.4, 0.5) is 18.9 Å². The maximum atomic E-state index is 12.5. The molecule has 18 heavy (non-hydrogen) atoms. The van der Waals surface area contributed by atoms with Gasteiger partial charge in [-0.05, 0) is 20.8 Å². The van der Waals surface area contributed by atoms with Crippen LogP contribution in [-0.2, 0) is 0 Å². The van der Waals surface area contributed by atoms with E-state index in [2.05, 4.69) is 5.10 Å². The largest absolute Gasteiger partial charge is 0.469 e. The van der Waals surface area contributed by atoms with Crippen LogP contribution in [0.25, 0.3) is 0 Å². The van der Waals surface area contributed by atoms with Gasteiger partial charge in [0.05, 0.1) is 11.0 Å². The van der Waals surface area contributed by atoms with Gasteiger partial charge >= 0.3 is 17.7 Å². The van der Waals surface area contributed by atoms with E-state index in [0.29, 0.717) is 4.68 Å². The van der Waals surface area contributed by atoms with Crippen LogP contribution < -0.4 is 4.74 Å². The van der Waals surface area contributed by atoms with Crippen molar-refractivity contribution >= 4 is 5.69 Å². The van der Waals surface area contributed by atoms with Gasteiger partial charge in [-0.3, -0.25) is 10.1 Å². The molecule has 0 amide bonds. The van der Waals surface area contributed by atoms with E-state index in [1.165, 1.54) is 0 Å². The monoisotopic (exact) mass is 267 g/mol. The predicted molar refractivity (Wildman–Crippen MR) is 55.4 cm³/mol. The summed E-state index contributed by atoms with van der Waals surface area (Å²) in [6, 6.07) is -1.96. The van der Waals surface area contributed by atoms with E-state index in [0.717, 1.165) is 13.1 Å². The Balaban J connectivity index is 3.13. The molecule has 0 aliphatic rings. The first-order chi connectivity index (χ1) is 8.12. The number of ether oxygens (including phenoxy) is 1. The first-order valence-corrected chi connectivity index (χ1v) is 5.09. The minimum Gasteiger partial charge on any atom is -0.469 e. The topological polar surface area (TPSA) is 70.2 Å². The van der Waals surface area contributed by atoms with Gasteiger partial charge < -0.3 is 4.74 Å². The standard InChI is InChI=1S/C9H12F3N3O3/c1-5(2)18-8-7(15(16)17)4-14(13-8)6(3)9(10,11)12/h4-6H,1-3H3. The smallest absolute Gasteiger partial charge is 0.410 e. The molecule has 9 heteroatoms. The van der Waals surface area contributed by atoms with Crippen molar-refractivity contribution in [2.24, 2.45) is 0 Å². The normalized spacial score (nSPS) is 13.7. The predicted octanol–water partition coefficient (Wildman–Crippen LogP) is 2.70. The highest BCUT2D eigenvalue weighted by Gasteiger charge is 2.39.